The standard InChI is InChI=1S/C16H18N2OS/c1-10-5-6-11-12(9-10)19-16(7-3-2-4-8-16)14-13(11)18-15(17)20-14/h5-6,9H,2-4,7-8H2,1H3,(H2,17,18). The summed E-state index contributed by atoms with van der Waals surface area (Å²) in [5.74, 6) is 0.977. The lowest BCUT2D eigenvalue weighted by Crippen LogP contribution is -2.37. The molecule has 2 aromatic rings. The quantitative estimate of drug-likeness (QED) is 0.787. The molecule has 1 aliphatic carbocycles. The minimum atomic E-state index is -0.177. The Morgan fingerprint density at radius 2 is 2.05 bits per heavy atom. The van der Waals surface area contributed by atoms with E-state index in [1.807, 2.05) is 0 Å². The molecule has 20 heavy (non-hydrogen) atoms. The molecule has 4 rings (SSSR count). The maximum absolute atomic E-state index is 6.50. The molecular weight excluding hydrogens is 268 g/mol. The summed E-state index contributed by atoms with van der Waals surface area (Å²) in [6.07, 6.45) is 5.90. The third-order valence-corrected chi connectivity index (χ3v) is 5.49. The van der Waals surface area contributed by atoms with Gasteiger partial charge in [-0.05, 0) is 50.3 Å². The summed E-state index contributed by atoms with van der Waals surface area (Å²) in [6.45, 7) is 2.10. The van der Waals surface area contributed by atoms with Gasteiger partial charge in [0.15, 0.2) is 5.13 Å². The van der Waals surface area contributed by atoms with Crippen molar-refractivity contribution in [1.82, 2.24) is 4.98 Å². The molecule has 4 heteroatoms. The molecule has 0 bridgehead atoms. The summed E-state index contributed by atoms with van der Waals surface area (Å²) in [7, 11) is 0. The van der Waals surface area contributed by atoms with E-state index < -0.39 is 0 Å². The highest BCUT2D eigenvalue weighted by Gasteiger charge is 2.44. The predicted octanol–water partition coefficient (Wildman–Crippen LogP) is 4.25. The van der Waals surface area contributed by atoms with Gasteiger partial charge in [0.05, 0.1) is 10.6 Å². The molecule has 0 atom stereocenters. The van der Waals surface area contributed by atoms with Gasteiger partial charge in [-0.15, -0.1) is 0 Å². The van der Waals surface area contributed by atoms with Crippen LogP contribution in [0, 0.1) is 6.92 Å². The zero-order valence-corrected chi connectivity index (χ0v) is 12.4. The largest absolute Gasteiger partial charge is 0.481 e. The average molecular weight is 286 g/mol. The number of ether oxygens (including phenoxy) is 1. The molecule has 1 aliphatic heterocycles. The van der Waals surface area contributed by atoms with Crippen LogP contribution >= 0.6 is 11.3 Å². The van der Waals surface area contributed by atoms with Crippen molar-refractivity contribution >= 4 is 16.5 Å². The van der Waals surface area contributed by atoms with Gasteiger partial charge >= 0.3 is 0 Å². The first-order chi connectivity index (χ1) is 9.68. The second kappa shape index (κ2) is 4.22. The van der Waals surface area contributed by atoms with Gasteiger partial charge in [0.2, 0.25) is 0 Å². The molecule has 1 saturated carbocycles. The lowest BCUT2D eigenvalue weighted by Gasteiger charge is -2.40. The molecule has 0 unspecified atom stereocenters. The van der Waals surface area contributed by atoms with Crippen molar-refractivity contribution in [1.29, 1.82) is 0 Å². The average Bonchev–Trinajstić information content (AvgIpc) is 2.82. The summed E-state index contributed by atoms with van der Waals surface area (Å²) >= 11 is 1.61. The van der Waals surface area contributed by atoms with E-state index >= 15 is 0 Å². The molecule has 0 radical (unpaired) electrons. The van der Waals surface area contributed by atoms with Gasteiger partial charge < -0.3 is 10.5 Å². The number of anilines is 1. The Balaban J connectivity index is 1.94. The van der Waals surface area contributed by atoms with E-state index in [1.165, 1.54) is 29.7 Å². The van der Waals surface area contributed by atoms with Crippen molar-refractivity contribution in [2.45, 2.75) is 44.6 Å². The van der Waals surface area contributed by atoms with Gasteiger partial charge in [0.25, 0.3) is 0 Å². The maximum Gasteiger partial charge on any atom is 0.180 e. The number of hydrogen-bond donors (Lipinski definition) is 1. The second-order valence-corrected chi connectivity index (χ2v) is 6.92. The highest BCUT2D eigenvalue weighted by atomic mass is 32.1. The third kappa shape index (κ3) is 1.67. The van der Waals surface area contributed by atoms with Crippen LogP contribution in [0.4, 0.5) is 5.13 Å². The topological polar surface area (TPSA) is 48.1 Å². The van der Waals surface area contributed by atoms with Crippen LogP contribution in [0.3, 0.4) is 0 Å². The van der Waals surface area contributed by atoms with E-state index in [1.54, 1.807) is 11.3 Å². The lowest BCUT2D eigenvalue weighted by molar-refractivity contribution is 0.0272. The molecule has 2 aliphatic rings. The molecule has 1 fully saturated rings. The van der Waals surface area contributed by atoms with Crippen molar-refractivity contribution in [2.24, 2.45) is 0 Å². The van der Waals surface area contributed by atoms with E-state index in [2.05, 4.69) is 30.1 Å². The van der Waals surface area contributed by atoms with Crippen LogP contribution < -0.4 is 10.5 Å². The molecule has 3 nitrogen and oxygen atoms in total. The number of aromatic nitrogens is 1. The predicted molar refractivity (Wildman–Crippen MR) is 82.1 cm³/mol. The molecule has 104 valence electrons. The smallest absolute Gasteiger partial charge is 0.180 e. The van der Waals surface area contributed by atoms with E-state index in [4.69, 9.17) is 10.5 Å². The third-order valence-electron chi connectivity index (χ3n) is 4.42. The summed E-state index contributed by atoms with van der Waals surface area (Å²) in [4.78, 5) is 5.83. The molecule has 2 heterocycles. The van der Waals surface area contributed by atoms with Crippen LogP contribution in [0.25, 0.3) is 11.3 Å². The SMILES string of the molecule is Cc1ccc2c(c1)OC1(CCCCC1)c1sc(N)nc1-2. The fourth-order valence-electron chi connectivity index (χ4n) is 3.45. The summed E-state index contributed by atoms with van der Waals surface area (Å²) < 4.78 is 6.50. The van der Waals surface area contributed by atoms with Crippen LogP contribution in [0.1, 0.15) is 42.5 Å². The zero-order valence-electron chi connectivity index (χ0n) is 11.6. The number of aryl methyl sites for hydroxylation is 1. The highest BCUT2D eigenvalue weighted by Crippen LogP contribution is 2.53. The second-order valence-electron chi connectivity index (χ2n) is 5.89. The first kappa shape index (κ1) is 12.2. The number of rotatable bonds is 0. The Kier molecular flexibility index (Phi) is 2.58. The first-order valence-corrected chi connectivity index (χ1v) is 8.06. The normalized spacial score (nSPS) is 19.2. The fraction of sp³-hybridized carbons (Fsp3) is 0.438. The van der Waals surface area contributed by atoms with Crippen molar-refractivity contribution in [3.63, 3.8) is 0 Å². The van der Waals surface area contributed by atoms with Gasteiger partial charge in [-0.3, -0.25) is 0 Å². The number of nitrogens with two attached hydrogens (primary N) is 1. The Morgan fingerprint density at radius 3 is 2.85 bits per heavy atom. The Morgan fingerprint density at radius 1 is 1.25 bits per heavy atom. The van der Waals surface area contributed by atoms with Gasteiger partial charge in [-0.1, -0.05) is 23.8 Å². The molecule has 2 N–H and O–H groups in total. The minimum Gasteiger partial charge on any atom is -0.481 e. The van der Waals surface area contributed by atoms with Crippen LogP contribution in [-0.2, 0) is 5.60 Å². The number of nitrogens with zero attached hydrogens (tertiary/aromatic N) is 1. The Labute approximate surface area is 122 Å². The summed E-state index contributed by atoms with van der Waals surface area (Å²) in [6, 6.07) is 6.35. The molecule has 0 amide bonds. The van der Waals surface area contributed by atoms with Crippen LogP contribution in [-0.4, -0.2) is 4.98 Å². The van der Waals surface area contributed by atoms with Crippen molar-refractivity contribution in [3.8, 4) is 17.0 Å². The van der Waals surface area contributed by atoms with Crippen LogP contribution in [0.2, 0.25) is 0 Å². The molecular formula is C16H18N2OS. The lowest BCUT2D eigenvalue weighted by atomic mass is 9.80. The molecule has 0 saturated heterocycles. The highest BCUT2D eigenvalue weighted by molar-refractivity contribution is 7.16. The Hall–Kier alpha value is -1.55. The number of fused-ring (bicyclic) bond motifs is 4. The van der Waals surface area contributed by atoms with Gasteiger partial charge in [-0.2, -0.15) is 0 Å². The molecule has 1 aromatic carbocycles. The number of hydrogen-bond acceptors (Lipinski definition) is 4. The number of thiazole rings is 1. The number of benzene rings is 1. The van der Waals surface area contributed by atoms with Gasteiger partial charge in [-0.25, -0.2) is 4.98 Å². The minimum absolute atomic E-state index is 0.177. The van der Waals surface area contributed by atoms with E-state index in [0.29, 0.717) is 5.13 Å². The van der Waals surface area contributed by atoms with Crippen molar-refractivity contribution in [2.75, 3.05) is 5.73 Å². The summed E-state index contributed by atoms with van der Waals surface area (Å²) in [5, 5.41) is 0.650. The monoisotopic (exact) mass is 286 g/mol. The summed E-state index contributed by atoms with van der Waals surface area (Å²) in [5.41, 5.74) is 9.18. The van der Waals surface area contributed by atoms with Gasteiger partial charge in [0.1, 0.15) is 11.4 Å². The molecule has 1 spiro atoms. The first-order valence-electron chi connectivity index (χ1n) is 7.25. The van der Waals surface area contributed by atoms with E-state index in [-0.39, 0.29) is 5.60 Å². The van der Waals surface area contributed by atoms with E-state index in [0.717, 1.165) is 29.8 Å². The van der Waals surface area contributed by atoms with Gasteiger partial charge in [0, 0.05) is 5.56 Å². The van der Waals surface area contributed by atoms with E-state index in [9.17, 15) is 0 Å². The molecule has 1 aromatic heterocycles. The van der Waals surface area contributed by atoms with Crippen molar-refractivity contribution in [3.05, 3.63) is 28.6 Å². The maximum atomic E-state index is 6.50. The Bertz CT molecular complexity index is 671. The fourth-order valence-corrected chi connectivity index (χ4v) is 4.48. The zero-order chi connectivity index (χ0) is 13.7. The van der Waals surface area contributed by atoms with Crippen LogP contribution in [0.5, 0.6) is 5.75 Å². The number of nitrogen functional groups attached to an aromatic ring is 1. The van der Waals surface area contributed by atoms with Crippen molar-refractivity contribution < 1.29 is 4.74 Å². The van der Waals surface area contributed by atoms with Crippen LogP contribution in [0.15, 0.2) is 18.2 Å².